The van der Waals surface area contributed by atoms with E-state index in [1.165, 1.54) is 11.3 Å². The lowest BCUT2D eigenvalue weighted by Crippen LogP contribution is -2.35. The molecular weight excluding hydrogens is 501 g/mol. The van der Waals surface area contributed by atoms with Gasteiger partial charge in [0.1, 0.15) is 10.5 Å². The van der Waals surface area contributed by atoms with Crippen molar-refractivity contribution in [2.24, 2.45) is 0 Å². The van der Waals surface area contributed by atoms with Crippen molar-refractivity contribution in [3.05, 3.63) is 76.3 Å². The van der Waals surface area contributed by atoms with E-state index in [9.17, 15) is 13.6 Å². The van der Waals surface area contributed by atoms with Gasteiger partial charge in [-0.3, -0.25) is 9.36 Å². The maximum absolute atomic E-state index is 13.2. The fourth-order valence-corrected chi connectivity index (χ4v) is 5.30. The molecule has 1 aliphatic rings. The Morgan fingerprint density at radius 1 is 1.18 bits per heavy atom. The predicted octanol–water partition coefficient (Wildman–Crippen LogP) is 5.62. The Morgan fingerprint density at radius 2 is 1.97 bits per heavy atom. The zero-order valence-corrected chi connectivity index (χ0v) is 20.3. The third-order valence-corrected chi connectivity index (χ3v) is 7.23. The minimum absolute atomic E-state index is 0. The van der Waals surface area contributed by atoms with Gasteiger partial charge in [-0.25, -0.2) is 13.8 Å². The van der Waals surface area contributed by atoms with Crippen LogP contribution >= 0.6 is 35.3 Å². The van der Waals surface area contributed by atoms with Crippen LogP contribution in [0.4, 0.5) is 14.6 Å². The average Bonchev–Trinajstić information content (AvgIpc) is 3.47. The number of pyridine rings is 2. The molecule has 1 atom stereocenters. The minimum Gasteiger partial charge on any atom is -0.355 e. The molecule has 0 aliphatic carbocycles. The van der Waals surface area contributed by atoms with Crippen LogP contribution in [0.3, 0.4) is 0 Å². The molecule has 178 valence electrons. The smallest absolute Gasteiger partial charge is 0.273 e. The van der Waals surface area contributed by atoms with Gasteiger partial charge in [-0.1, -0.05) is 23.7 Å². The lowest BCUT2D eigenvalue weighted by atomic mass is 10.2. The van der Waals surface area contributed by atoms with E-state index >= 15 is 0 Å². The van der Waals surface area contributed by atoms with Crippen molar-refractivity contribution in [1.29, 1.82) is 0 Å². The molecule has 0 saturated carbocycles. The summed E-state index contributed by atoms with van der Waals surface area (Å²) >= 11 is 7.44. The lowest BCUT2D eigenvalue weighted by molar-refractivity contribution is 0.142. The van der Waals surface area contributed by atoms with Gasteiger partial charge < -0.3 is 10.2 Å². The first-order valence-corrected chi connectivity index (χ1v) is 11.8. The summed E-state index contributed by atoms with van der Waals surface area (Å²) in [7, 11) is 0. The van der Waals surface area contributed by atoms with Gasteiger partial charge in [0.15, 0.2) is 0 Å². The number of halogens is 4. The number of hydrogen-bond donors (Lipinski definition) is 1. The molecule has 0 spiro atoms. The Morgan fingerprint density at radius 3 is 2.68 bits per heavy atom. The second-order valence-corrected chi connectivity index (χ2v) is 9.49. The molecule has 0 radical (unpaired) electrons. The third-order valence-electron chi connectivity index (χ3n) is 5.79. The van der Waals surface area contributed by atoms with Crippen molar-refractivity contribution in [1.82, 2.24) is 14.9 Å². The minimum atomic E-state index is -2.35. The van der Waals surface area contributed by atoms with Gasteiger partial charge in [0.2, 0.25) is 0 Å². The summed E-state index contributed by atoms with van der Waals surface area (Å²) in [5.41, 5.74) is 1.60. The van der Waals surface area contributed by atoms with Gasteiger partial charge >= 0.3 is 0 Å². The van der Waals surface area contributed by atoms with Gasteiger partial charge in [0, 0.05) is 40.6 Å². The van der Waals surface area contributed by atoms with E-state index in [-0.39, 0.29) is 30.6 Å². The van der Waals surface area contributed by atoms with Gasteiger partial charge in [0.05, 0.1) is 18.4 Å². The zero-order valence-electron chi connectivity index (χ0n) is 18.0. The molecule has 1 N–H and O–H groups in total. The van der Waals surface area contributed by atoms with Crippen LogP contribution in [0, 0.1) is 0 Å². The van der Waals surface area contributed by atoms with Crippen molar-refractivity contribution in [2.75, 3.05) is 24.5 Å². The van der Waals surface area contributed by atoms with E-state index in [1.807, 2.05) is 48.5 Å². The largest absolute Gasteiger partial charge is 0.355 e. The number of anilines is 1. The highest BCUT2D eigenvalue weighted by Crippen LogP contribution is 2.32. The Bertz CT molecular complexity index is 1330. The summed E-state index contributed by atoms with van der Waals surface area (Å²) in [5, 5.41) is 4.46. The van der Waals surface area contributed by atoms with E-state index in [1.54, 1.807) is 17.0 Å². The summed E-state index contributed by atoms with van der Waals surface area (Å²) in [4.78, 5) is 20.8. The maximum atomic E-state index is 13.2. The Kier molecular flexibility index (Phi) is 7.52. The van der Waals surface area contributed by atoms with Crippen molar-refractivity contribution >= 4 is 51.2 Å². The van der Waals surface area contributed by atoms with Crippen molar-refractivity contribution < 1.29 is 8.78 Å². The molecule has 0 unspecified atom stereocenters. The summed E-state index contributed by atoms with van der Waals surface area (Å²) in [6.45, 7) is 1.09. The third kappa shape index (κ3) is 5.10. The highest BCUT2D eigenvalue weighted by Gasteiger charge is 2.24. The average molecular weight is 523 g/mol. The summed E-state index contributed by atoms with van der Waals surface area (Å²) < 4.78 is 27.1. The van der Waals surface area contributed by atoms with E-state index in [2.05, 4.69) is 15.2 Å². The van der Waals surface area contributed by atoms with Gasteiger partial charge in [-0.05, 0) is 48.4 Å². The van der Waals surface area contributed by atoms with Crippen molar-refractivity contribution in [3.63, 3.8) is 0 Å². The molecule has 0 bridgehead atoms. The van der Waals surface area contributed by atoms with Crippen LogP contribution in [-0.4, -0.2) is 41.7 Å². The SMILES string of the molecule is Cl.O=c1c2sc(-c3ccc(Cl)cc3)cc2ccn1-c1ccc(N2CC[C@@H](NCC(F)F)C2)nc1. The molecule has 5 rings (SSSR count). The van der Waals surface area contributed by atoms with Gasteiger partial charge in [0.25, 0.3) is 12.0 Å². The van der Waals surface area contributed by atoms with Crippen LogP contribution in [0.2, 0.25) is 5.02 Å². The molecule has 4 heterocycles. The maximum Gasteiger partial charge on any atom is 0.273 e. The lowest BCUT2D eigenvalue weighted by Gasteiger charge is -2.18. The topological polar surface area (TPSA) is 50.2 Å². The molecule has 1 aromatic carbocycles. The van der Waals surface area contributed by atoms with E-state index in [0.29, 0.717) is 22.0 Å². The van der Waals surface area contributed by atoms with Crippen LogP contribution < -0.4 is 15.8 Å². The number of nitrogens with one attached hydrogen (secondary N) is 1. The summed E-state index contributed by atoms with van der Waals surface area (Å²) in [6.07, 6.45) is 1.88. The monoisotopic (exact) mass is 522 g/mol. The number of fused-ring (bicyclic) bond motifs is 1. The molecule has 34 heavy (non-hydrogen) atoms. The van der Waals surface area contributed by atoms with Crippen LogP contribution in [0.15, 0.2) is 65.7 Å². The Hall–Kier alpha value is -2.52. The van der Waals surface area contributed by atoms with Gasteiger partial charge in [-0.15, -0.1) is 23.7 Å². The molecule has 4 aromatic rings. The molecule has 0 amide bonds. The van der Waals surface area contributed by atoms with Gasteiger partial charge in [-0.2, -0.15) is 0 Å². The number of thiophene rings is 1. The molecule has 1 aliphatic heterocycles. The second-order valence-electron chi connectivity index (χ2n) is 8.00. The standard InChI is InChI=1S/C24H21ClF2N4OS.ClH/c25-17-3-1-15(2-4-17)20-11-16-7-10-31(24(32)23(16)33-20)19-5-6-22(29-12-19)30-9-8-18(14-30)28-13-21(26)27;/h1-7,10-12,18,21,28H,8-9,13-14H2;1H/t18-;/m1./s1. The van der Waals surface area contributed by atoms with Crippen molar-refractivity contribution in [2.45, 2.75) is 18.9 Å². The first kappa shape index (κ1) is 24.6. The molecule has 1 fully saturated rings. The highest BCUT2D eigenvalue weighted by atomic mass is 35.5. The molecule has 5 nitrogen and oxygen atoms in total. The van der Waals surface area contributed by atoms with E-state index in [4.69, 9.17) is 11.6 Å². The van der Waals surface area contributed by atoms with E-state index in [0.717, 1.165) is 34.6 Å². The van der Waals surface area contributed by atoms with Crippen LogP contribution in [0.1, 0.15) is 6.42 Å². The number of hydrogen-bond acceptors (Lipinski definition) is 5. The zero-order chi connectivity index (χ0) is 22.9. The molecule has 10 heteroatoms. The number of benzene rings is 1. The van der Waals surface area contributed by atoms with Crippen LogP contribution in [0.5, 0.6) is 0 Å². The Labute approximate surface area is 210 Å². The molecule has 1 saturated heterocycles. The van der Waals surface area contributed by atoms with Crippen LogP contribution in [-0.2, 0) is 0 Å². The molecule has 3 aromatic heterocycles. The summed E-state index contributed by atoms with van der Waals surface area (Å²) in [5.74, 6) is 0.773. The number of nitrogens with zero attached hydrogens (tertiary/aromatic N) is 3. The predicted molar refractivity (Wildman–Crippen MR) is 138 cm³/mol. The highest BCUT2D eigenvalue weighted by molar-refractivity contribution is 7.22. The fourth-order valence-electron chi connectivity index (χ4n) is 4.09. The van der Waals surface area contributed by atoms with E-state index < -0.39 is 6.43 Å². The number of alkyl halides is 2. The Balaban J connectivity index is 0.00000274. The van der Waals surface area contributed by atoms with Crippen LogP contribution in [0.25, 0.3) is 26.2 Å². The summed E-state index contributed by atoms with van der Waals surface area (Å²) in [6, 6.07) is 15.3. The number of aromatic nitrogens is 2. The first-order chi connectivity index (χ1) is 16.0. The normalized spacial score (nSPS) is 15.8. The fraction of sp³-hybridized carbons (Fsp3) is 0.250. The quantitative estimate of drug-likeness (QED) is 0.357. The number of rotatable bonds is 6. The second kappa shape index (κ2) is 10.4. The molecular formula is C24H22Cl2F2N4OS. The van der Waals surface area contributed by atoms with Crippen molar-refractivity contribution in [3.8, 4) is 16.1 Å². The first-order valence-electron chi connectivity index (χ1n) is 10.6.